The van der Waals surface area contributed by atoms with Gasteiger partial charge in [0.05, 0.1) is 6.10 Å². The van der Waals surface area contributed by atoms with Crippen LogP contribution in [0.3, 0.4) is 0 Å². The molecule has 2 aliphatic rings. The minimum absolute atomic E-state index is 0.0982. The Kier molecular flexibility index (Phi) is 6.81. The van der Waals surface area contributed by atoms with Crippen LogP contribution in [0, 0.1) is 11.8 Å². The maximum absolute atomic E-state index is 12.2. The standard InChI is InChI=1S/C17H32N2O2/c1-14(20)16-9-11-19(12-10-16)17(21)18-13-15-7-5-3-2-4-6-8-15/h14-16,20H,2-13H2,1H3,(H,18,21). The first kappa shape index (κ1) is 16.6. The molecule has 0 aromatic rings. The number of rotatable bonds is 3. The van der Waals surface area contributed by atoms with Gasteiger partial charge in [0.15, 0.2) is 0 Å². The molecule has 0 spiro atoms. The number of urea groups is 1. The van der Waals surface area contributed by atoms with E-state index in [1.54, 1.807) is 0 Å². The minimum Gasteiger partial charge on any atom is -0.393 e. The van der Waals surface area contributed by atoms with E-state index in [1.165, 1.54) is 44.9 Å². The van der Waals surface area contributed by atoms with E-state index in [0.29, 0.717) is 11.8 Å². The summed E-state index contributed by atoms with van der Waals surface area (Å²) < 4.78 is 0. The Morgan fingerprint density at radius 2 is 1.67 bits per heavy atom. The molecular weight excluding hydrogens is 264 g/mol. The van der Waals surface area contributed by atoms with Gasteiger partial charge >= 0.3 is 6.03 Å². The summed E-state index contributed by atoms with van der Waals surface area (Å²) in [5.74, 6) is 1.03. The third-order valence-corrected chi connectivity index (χ3v) is 5.28. The lowest BCUT2D eigenvalue weighted by atomic mass is 9.91. The normalized spacial score (nSPS) is 24.2. The van der Waals surface area contributed by atoms with Crippen LogP contribution in [-0.2, 0) is 0 Å². The molecule has 2 N–H and O–H groups in total. The monoisotopic (exact) mass is 296 g/mol. The lowest BCUT2D eigenvalue weighted by Gasteiger charge is -2.33. The van der Waals surface area contributed by atoms with Gasteiger partial charge in [-0.1, -0.05) is 32.1 Å². The number of likely N-dealkylation sites (tertiary alicyclic amines) is 1. The van der Waals surface area contributed by atoms with E-state index in [2.05, 4.69) is 5.32 Å². The van der Waals surface area contributed by atoms with Gasteiger partial charge in [-0.3, -0.25) is 0 Å². The molecule has 2 rings (SSSR count). The molecule has 4 heteroatoms. The summed E-state index contributed by atoms with van der Waals surface area (Å²) in [6.45, 7) is 4.27. The molecule has 1 aliphatic heterocycles. The van der Waals surface area contributed by atoms with Gasteiger partial charge in [0.1, 0.15) is 0 Å². The van der Waals surface area contributed by atoms with E-state index in [4.69, 9.17) is 0 Å². The average Bonchev–Trinajstić information content (AvgIpc) is 2.46. The highest BCUT2D eigenvalue weighted by Crippen LogP contribution is 2.22. The molecule has 0 aromatic carbocycles. The molecule has 0 aromatic heterocycles. The number of nitrogens with zero attached hydrogens (tertiary/aromatic N) is 1. The van der Waals surface area contributed by atoms with Gasteiger partial charge in [-0.2, -0.15) is 0 Å². The van der Waals surface area contributed by atoms with Gasteiger partial charge < -0.3 is 15.3 Å². The molecule has 2 amide bonds. The van der Waals surface area contributed by atoms with Crippen LogP contribution in [0.5, 0.6) is 0 Å². The molecule has 21 heavy (non-hydrogen) atoms. The summed E-state index contributed by atoms with van der Waals surface area (Å²) in [7, 11) is 0. The van der Waals surface area contributed by atoms with E-state index >= 15 is 0 Å². The largest absolute Gasteiger partial charge is 0.393 e. The zero-order valence-corrected chi connectivity index (χ0v) is 13.5. The predicted octanol–water partition coefficient (Wildman–Crippen LogP) is 3.15. The zero-order valence-electron chi connectivity index (χ0n) is 13.5. The third-order valence-electron chi connectivity index (χ3n) is 5.28. The molecule has 1 aliphatic carbocycles. The smallest absolute Gasteiger partial charge is 0.317 e. The van der Waals surface area contributed by atoms with E-state index < -0.39 is 0 Å². The summed E-state index contributed by atoms with van der Waals surface area (Å²) in [4.78, 5) is 14.1. The summed E-state index contributed by atoms with van der Waals surface area (Å²) in [5, 5.41) is 12.7. The van der Waals surface area contributed by atoms with Crippen LogP contribution in [-0.4, -0.2) is 41.8 Å². The molecule has 1 saturated carbocycles. The molecule has 1 atom stereocenters. The van der Waals surface area contributed by atoms with Crippen molar-refractivity contribution in [3.63, 3.8) is 0 Å². The first-order chi connectivity index (χ1) is 10.2. The van der Waals surface area contributed by atoms with Crippen molar-refractivity contribution >= 4 is 6.03 Å². The zero-order chi connectivity index (χ0) is 15.1. The fraction of sp³-hybridized carbons (Fsp3) is 0.941. The molecule has 4 nitrogen and oxygen atoms in total. The Morgan fingerprint density at radius 3 is 2.24 bits per heavy atom. The number of carbonyl (C=O) groups excluding carboxylic acids is 1. The van der Waals surface area contributed by atoms with Crippen molar-refractivity contribution in [1.82, 2.24) is 10.2 Å². The number of piperidine rings is 1. The van der Waals surface area contributed by atoms with Crippen LogP contribution < -0.4 is 5.32 Å². The number of hydrogen-bond donors (Lipinski definition) is 2. The number of aliphatic hydroxyl groups excluding tert-OH is 1. The van der Waals surface area contributed by atoms with Gasteiger partial charge in [-0.05, 0) is 44.4 Å². The van der Waals surface area contributed by atoms with Crippen molar-refractivity contribution in [3.8, 4) is 0 Å². The number of amides is 2. The Balaban J connectivity index is 1.67. The first-order valence-electron chi connectivity index (χ1n) is 8.87. The van der Waals surface area contributed by atoms with Crippen LogP contribution >= 0.6 is 0 Å². The van der Waals surface area contributed by atoms with Crippen molar-refractivity contribution < 1.29 is 9.90 Å². The second-order valence-corrected chi connectivity index (χ2v) is 6.96. The molecule has 1 heterocycles. The molecule has 0 radical (unpaired) electrons. The third kappa shape index (κ3) is 5.50. The molecular formula is C17H32N2O2. The SMILES string of the molecule is CC(O)C1CCN(C(=O)NCC2CCCCCCC2)CC1. The van der Waals surface area contributed by atoms with Crippen molar-refractivity contribution in [2.24, 2.45) is 11.8 Å². The van der Waals surface area contributed by atoms with E-state index in [9.17, 15) is 9.90 Å². The van der Waals surface area contributed by atoms with Gasteiger partial charge in [0.2, 0.25) is 0 Å². The first-order valence-corrected chi connectivity index (χ1v) is 8.87. The van der Waals surface area contributed by atoms with E-state index in [0.717, 1.165) is 32.5 Å². The topological polar surface area (TPSA) is 52.6 Å². The second kappa shape index (κ2) is 8.62. The van der Waals surface area contributed by atoms with Crippen molar-refractivity contribution in [1.29, 1.82) is 0 Å². The number of carbonyl (C=O) groups is 1. The van der Waals surface area contributed by atoms with Crippen molar-refractivity contribution in [2.45, 2.75) is 70.8 Å². The van der Waals surface area contributed by atoms with Crippen LogP contribution in [0.4, 0.5) is 4.79 Å². The lowest BCUT2D eigenvalue weighted by Crippen LogP contribution is -2.46. The Bertz CT molecular complexity index is 304. The Hall–Kier alpha value is -0.770. The number of aliphatic hydroxyl groups is 1. The summed E-state index contributed by atoms with van der Waals surface area (Å²) in [5.41, 5.74) is 0. The molecule has 0 bridgehead atoms. The van der Waals surface area contributed by atoms with Crippen molar-refractivity contribution in [2.75, 3.05) is 19.6 Å². The molecule has 122 valence electrons. The fourth-order valence-corrected chi connectivity index (χ4v) is 3.67. The fourth-order valence-electron chi connectivity index (χ4n) is 3.67. The Morgan fingerprint density at radius 1 is 1.10 bits per heavy atom. The molecule has 1 unspecified atom stereocenters. The quantitative estimate of drug-likeness (QED) is 0.840. The highest BCUT2D eigenvalue weighted by atomic mass is 16.3. The maximum Gasteiger partial charge on any atom is 0.317 e. The van der Waals surface area contributed by atoms with Crippen LogP contribution in [0.25, 0.3) is 0 Å². The summed E-state index contributed by atoms with van der Waals surface area (Å²) in [6, 6.07) is 0.0982. The van der Waals surface area contributed by atoms with Crippen LogP contribution in [0.15, 0.2) is 0 Å². The van der Waals surface area contributed by atoms with E-state index in [-0.39, 0.29) is 12.1 Å². The lowest BCUT2D eigenvalue weighted by molar-refractivity contribution is 0.0796. The van der Waals surface area contributed by atoms with Crippen LogP contribution in [0.2, 0.25) is 0 Å². The van der Waals surface area contributed by atoms with Crippen LogP contribution in [0.1, 0.15) is 64.7 Å². The summed E-state index contributed by atoms with van der Waals surface area (Å²) >= 11 is 0. The maximum atomic E-state index is 12.2. The van der Waals surface area contributed by atoms with Crippen molar-refractivity contribution in [3.05, 3.63) is 0 Å². The highest BCUT2D eigenvalue weighted by Gasteiger charge is 2.25. The highest BCUT2D eigenvalue weighted by molar-refractivity contribution is 5.74. The number of nitrogens with one attached hydrogen (secondary N) is 1. The minimum atomic E-state index is -0.245. The van der Waals surface area contributed by atoms with Gasteiger partial charge in [-0.25, -0.2) is 4.79 Å². The Labute approximate surface area is 129 Å². The number of hydrogen-bond acceptors (Lipinski definition) is 2. The average molecular weight is 296 g/mol. The van der Waals surface area contributed by atoms with Gasteiger partial charge in [0.25, 0.3) is 0 Å². The molecule has 1 saturated heterocycles. The van der Waals surface area contributed by atoms with Gasteiger partial charge in [-0.15, -0.1) is 0 Å². The van der Waals surface area contributed by atoms with E-state index in [1.807, 2.05) is 11.8 Å². The van der Waals surface area contributed by atoms with Gasteiger partial charge in [0, 0.05) is 19.6 Å². The predicted molar refractivity (Wildman–Crippen MR) is 85.2 cm³/mol. The summed E-state index contributed by atoms with van der Waals surface area (Å²) in [6.07, 6.45) is 10.9. The molecule has 2 fully saturated rings. The second-order valence-electron chi connectivity index (χ2n) is 6.96.